The number of thiazole rings is 1. The lowest BCUT2D eigenvalue weighted by molar-refractivity contribution is -0.0379. The van der Waals surface area contributed by atoms with Gasteiger partial charge in [-0.3, -0.25) is 16.3 Å². The smallest absolute Gasteiger partial charge is 0.0795 e. The summed E-state index contributed by atoms with van der Waals surface area (Å²) in [6.45, 7) is 6.76. The average molecular weight is 229 g/mol. The minimum absolute atomic E-state index is 0.0953. The van der Waals surface area contributed by atoms with Crippen molar-refractivity contribution in [1.82, 2.24) is 10.4 Å². The molecule has 15 heavy (non-hydrogen) atoms. The summed E-state index contributed by atoms with van der Waals surface area (Å²) >= 11 is 1.64. The van der Waals surface area contributed by atoms with Crippen LogP contribution in [0.25, 0.3) is 0 Å². The van der Waals surface area contributed by atoms with Crippen molar-refractivity contribution in [1.29, 1.82) is 0 Å². The monoisotopic (exact) mass is 229 g/mol. The van der Waals surface area contributed by atoms with Crippen LogP contribution in [-0.2, 0) is 11.2 Å². The maximum absolute atomic E-state index is 5.67. The largest absolute Gasteiger partial charge is 0.374 e. The molecule has 0 aliphatic carbocycles. The molecular weight excluding hydrogens is 210 g/mol. The van der Waals surface area contributed by atoms with Gasteiger partial charge in [-0.2, -0.15) is 0 Å². The molecule has 0 amide bonds. The second-order valence-corrected chi connectivity index (χ2v) is 4.90. The van der Waals surface area contributed by atoms with Gasteiger partial charge in [0.25, 0.3) is 0 Å². The molecule has 1 aromatic heterocycles. The van der Waals surface area contributed by atoms with Gasteiger partial charge in [0.2, 0.25) is 0 Å². The molecular formula is C10H19N3OS. The molecule has 1 aromatic rings. The fourth-order valence-electron chi connectivity index (χ4n) is 1.52. The van der Waals surface area contributed by atoms with Crippen molar-refractivity contribution in [3.8, 4) is 0 Å². The van der Waals surface area contributed by atoms with Gasteiger partial charge in [0.15, 0.2) is 0 Å². The van der Waals surface area contributed by atoms with Gasteiger partial charge in [0.05, 0.1) is 17.2 Å². The third-order valence-corrected chi connectivity index (χ3v) is 3.25. The zero-order chi connectivity index (χ0) is 11.3. The van der Waals surface area contributed by atoms with Gasteiger partial charge < -0.3 is 4.74 Å². The number of nitrogens with two attached hydrogens (primary N) is 1. The number of rotatable bonds is 6. The van der Waals surface area contributed by atoms with Gasteiger partial charge in [-0.15, -0.1) is 11.3 Å². The van der Waals surface area contributed by atoms with Gasteiger partial charge in [-0.05, 0) is 20.8 Å². The van der Waals surface area contributed by atoms with E-state index < -0.39 is 0 Å². The maximum Gasteiger partial charge on any atom is 0.0795 e. The Hall–Kier alpha value is -0.490. The Balaban J connectivity index is 2.62. The molecule has 4 nitrogen and oxygen atoms in total. The fourth-order valence-corrected chi connectivity index (χ4v) is 2.16. The molecule has 1 heterocycles. The SMILES string of the molecule is CCOC(C)(C)C(Cc1cncs1)NN. The molecule has 5 heteroatoms. The Labute approximate surface area is 94.8 Å². The molecule has 0 bridgehead atoms. The van der Waals surface area contributed by atoms with Crippen LogP contribution in [0.2, 0.25) is 0 Å². The summed E-state index contributed by atoms with van der Waals surface area (Å²) in [5.74, 6) is 5.56. The van der Waals surface area contributed by atoms with E-state index in [0.29, 0.717) is 6.61 Å². The predicted octanol–water partition coefficient (Wildman–Crippen LogP) is 1.33. The van der Waals surface area contributed by atoms with E-state index in [2.05, 4.69) is 10.4 Å². The van der Waals surface area contributed by atoms with E-state index in [1.807, 2.05) is 32.5 Å². The first-order chi connectivity index (χ1) is 7.10. The van der Waals surface area contributed by atoms with Crippen LogP contribution in [0.5, 0.6) is 0 Å². The molecule has 0 saturated carbocycles. The van der Waals surface area contributed by atoms with Crippen molar-refractivity contribution in [2.75, 3.05) is 6.61 Å². The van der Waals surface area contributed by atoms with E-state index in [1.165, 1.54) is 4.88 Å². The van der Waals surface area contributed by atoms with E-state index in [0.717, 1.165) is 6.42 Å². The summed E-state index contributed by atoms with van der Waals surface area (Å²) in [4.78, 5) is 5.26. The van der Waals surface area contributed by atoms with E-state index in [1.54, 1.807) is 11.3 Å². The highest BCUT2D eigenvalue weighted by Crippen LogP contribution is 2.19. The first-order valence-corrected chi connectivity index (χ1v) is 5.95. The average Bonchev–Trinajstić information content (AvgIpc) is 2.66. The van der Waals surface area contributed by atoms with Gasteiger partial charge in [0.1, 0.15) is 0 Å². The van der Waals surface area contributed by atoms with E-state index in [-0.39, 0.29) is 11.6 Å². The number of hydrogen-bond acceptors (Lipinski definition) is 5. The second kappa shape index (κ2) is 5.55. The molecule has 0 spiro atoms. The number of aromatic nitrogens is 1. The Morgan fingerprint density at radius 1 is 1.67 bits per heavy atom. The summed E-state index contributed by atoms with van der Waals surface area (Å²) in [6.07, 6.45) is 2.71. The highest BCUT2D eigenvalue weighted by atomic mass is 32.1. The number of nitrogens with zero attached hydrogens (tertiary/aromatic N) is 1. The van der Waals surface area contributed by atoms with Crippen LogP contribution in [0.3, 0.4) is 0 Å². The van der Waals surface area contributed by atoms with Gasteiger partial charge in [-0.25, -0.2) is 0 Å². The van der Waals surface area contributed by atoms with Gasteiger partial charge in [-0.1, -0.05) is 0 Å². The minimum atomic E-state index is -0.270. The lowest BCUT2D eigenvalue weighted by Gasteiger charge is -2.33. The van der Waals surface area contributed by atoms with Crippen molar-refractivity contribution in [3.05, 3.63) is 16.6 Å². The molecule has 86 valence electrons. The van der Waals surface area contributed by atoms with Crippen molar-refractivity contribution in [2.45, 2.75) is 38.8 Å². The van der Waals surface area contributed by atoms with Crippen LogP contribution in [0, 0.1) is 0 Å². The van der Waals surface area contributed by atoms with Crippen LogP contribution >= 0.6 is 11.3 Å². The quantitative estimate of drug-likeness (QED) is 0.571. The number of nitrogens with one attached hydrogen (secondary N) is 1. The highest BCUT2D eigenvalue weighted by Gasteiger charge is 2.29. The molecule has 0 fully saturated rings. The summed E-state index contributed by atoms with van der Waals surface area (Å²) < 4.78 is 5.67. The molecule has 1 atom stereocenters. The zero-order valence-electron chi connectivity index (χ0n) is 9.49. The Morgan fingerprint density at radius 3 is 2.87 bits per heavy atom. The number of hydrazine groups is 1. The van der Waals surface area contributed by atoms with E-state index >= 15 is 0 Å². The first-order valence-electron chi connectivity index (χ1n) is 5.07. The zero-order valence-corrected chi connectivity index (χ0v) is 10.3. The minimum Gasteiger partial charge on any atom is -0.374 e. The van der Waals surface area contributed by atoms with Gasteiger partial charge in [0, 0.05) is 24.1 Å². The molecule has 1 rings (SSSR count). The van der Waals surface area contributed by atoms with Crippen molar-refractivity contribution < 1.29 is 4.74 Å². The molecule has 3 N–H and O–H groups in total. The van der Waals surface area contributed by atoms with E-state index in [4.69, 9.17) is 10.6 Å². The standard InChI is InChI=1S/C10H19N3OS/c1-4-14-10(2,3)9(13-11)5-8-6-12-7-15-8/h6-7,9,13H,4-5,11H2,1-3H3. The molecule has 0 aliphatic rings. The summed E-state index contributed by atoms with van der Waals surface area (Å²) in [5, 5.41) is 0. The lowest BCUT2D eigenvalue weighted by Crippen LogP contribution is -2.52. The van der Waals surface area contributed by atoms with Crippen molar-refractivity contribution >= 4 is 11.3 Å². The van der Waals surface area contributed by atoms with Crippen LogP contribution in [0.15, 0.2) is 11.7 Å². The Kier molecular flexibility index (Phi) is 4.66. The van der Waals surface area contributed by atoms with Crippen molar-refractivity contribution in [3.63, 3.8) is 0 Å². The third-order valence-electron chi connectivity index (χ3n) is 2.45. The number of hydrogen-bond donors (Lipinski definition) is 2. The normalized spacial score (nSPS) is 14.1. The number of ether oxygens (including phenoxy) is 1. The second-order valence-electron chi connectivity index (χ2n) is 3.93. The molecule has 0 aromatic carbocycles. The molecule has 0 aliphatic heterocycles. The molecule has 1 unspecified atom stereocenters. The van der Waals surface area contributed by atoms with Crippen LogP contribution in [-0.4, -0.2) is 23.2 Å². The summed E-state index contributed by atoms with van der Waals surface area (Å²) in [5.41, 5.74) is 4.38. The highest BCUT2D eigenvalue weighted by molar-refractivity contribution is 7.09. The first kappa shape index (κ1) is 12.6. The van der Waals surface area contributed by atoms with E-state index in [9.17, 15) is 0 Å². The fraction of sp³-hybridized carbons (Fsp3) is 0.700. The summed E-state index contributed by atoms with van der Waals surface area (Å²) in [7, 11) is 0. The predicted molar refractivity (Wildman–Crippen MR) is 62.6 cm³/mol. The van der Waals surface area contributed by atoms with Crippen LogP contribution < -0.4 is 11.3 Å². The Bertz CT molecular complexity index is 274. The maximum atomic E-state index is 5.67. The van der Waals surface area contributed by atoms with Crippen LogP contribution in [0.4, 0.5) is 0 Å². The molecule has 0 radical (unpaired) electrons. The van der Waals surface area contributed by atoms with Crippen molar-refractivity contribution in [2.24, 2.45) is 5.84 Å². The third kappa shape index (κ3) is 3.53. The summed E-state index contributed by atoms with van der Waals surface area (Å²) in [6, 6.07) is 0.0953. The topological polar surface area (TPSA) is 60.2 Å². The Morgan fingerprint density at radius 2 is 2.40 bits per heavy atom. The van der Waals surface area contributed by atoms with Gasteiger partial charge >= 0.3 is 0 Å². The van der Waals surface area contributed by atoms with Crippen LogP contribution in [0.1, 0.15) is 25.6 Å². The lowest BCUT2D eigenvalue weighted by atomic mass is 9.95. The molecule has 0 saturated heterocycles.